The zero-order valence-corrected chi connectivity index (χ0v) is 13.8. The van der Waals surface area contributed by atoms with Gasteiger partial charge in [0.2, 0.25) is 5.91 Å². The Kier molecular flexibility index (Phi) is 4.24. The largest absolute Gasteiger partial charge is 0.365 e. The second-order valence-corrected chi connectivity index (χ2v) is 6.23. The van der Waals surface area contributed by atoms with Gasteiger partial charge in [-0.2, -0.15) is 0 Å². The molecule has 1 amide bonds. The molecule has 0 bridgehead atoms. The number of nitrogens with zero attached hydrogens (tertiary/aromatic N) is 4. The van der Waals surface area contributed by atoms with E-state index >= 15 is 0 Å². The van der Waals surface area contributed by atoms with E-state index in [1.54, 1.807) is 6.20 Å². The average Bonchev–Trinajstić information content (AvgIpc) is 3.12. The zero-order chi connectivity index (χ0) is 17.1. The van der Waals surface area contributed by atoms with Crippen molar-refractivity contribution in [1.29, 1.82) is 0 Å². The maximum atomic E-state index is 12.5. The summed E-state index contributed by atoms with van der Waals surface area (Å²) in [6.45, 7) is 1.46. The molecule has 6 heteroatoms. The van der Waals surface area contributed by atoms with Crippen LogP contribution in [0, 0.1) is 0 Å². The van der Waals surface area contributed by atoms with Gasteiger partial charge in [-0.15, -0.1) is 0 Å². The molecule has 25 heavy (non-hydrogen) atoms. The molecule has 1 aromatic carbocycles. The van der Waals surface area contributed by atoms with Crippen molar-refractivity contribution in [2.24, 2.45) is 0 Å². The van der Waals surface area contributed by atoms with Crippen LogP contribution in [0.15, 0.2) is 55.0 Å². The van der Waals surface area contributed by atoms with Crippen molar-refractivity contribution in [1.82, 2.24) is 19.9 Å². The lowest BCUT2D eigenvalue weighted by molar-refractivity contribution is -0.129. The molecule has 126 valence electrons. The number of anilines is 1. The number of aromatic nitrogens is 3. The minimum atomic E-state index is 0.171. The van der Waals surface area contributed by atoms with E-state index in [1.807, 2.05) is 47.4 Å². The molecule has 1 unspecified atom stereocenters. The van der Waals surface area contributed by atoms with Crippen molar-refractivity contribution in [3.63, 3.8) is 0 Å². The fraction of sp³-hybridized carbons (Fsp3) is 0.263. The Labute approximate surface area is 145 Å². The predicted octanol–water partition coefficient (Wildman–Crippen LogP) is 2.28. The number of carbonyl (C=O) groups is 1. The highest BCUT2D eigenvalue weighted by Gasteiger charge is 2.26. The summed E-state index contributed by atoms with van der Waals surface area (Å²) in [5, 5.41) is 4.35. The van der Waals surface area contributed by atoms with Gasteiger partial charge in [-0.3, -0.25) is 4.79 Å². The molecule has 0 aliphatic carbocycles. The molecule has 3 aromatic rings. The van der Waals surface area contributed by atoms with Gasteiger partial charge >= 0.3 is 0 Å². The van der Waals surface area contributed by atoms with Crippen LogP contribution in [0.1, 0.15) is 12.0 Å². The first-order chi connectivity index (χ1) is 12.3. The van der Waals surface area contributed by atoms with Gasteiger partial charge in [0.05, 0.1) is 11.8 Å². The van der Waals surface area contributed by atoms with E-state index in [4.69, 9.17) is 0 Å². The van der Waals surface area contributed by atoms with Crippen molar-refractivity contribution < 1.29 is 4.79 Å². The molecular weight excluding hydrogens is 314 g/mol. The van der Waals surface area contributed by atoms with Crippen LogP contribution in [0.5, 0.6) is 0 Å². The first-order valence-electron chi connectivity index (χ1n) is 8.43. The van der Waals surface area contributed by atoms with Crippen molar-refractivity contribution in [3.8, 4) is 0 Å². The van der Waals surface area contributed by atoms with Crippen LogP contribution in [0.4, 0.5) is 5.82 Å². The number of benzene rings is 1. The predicted molar refractivity (Wildman–Crippen MR) is 96.1 cm³/mol. The Hall–Kier alpha value is -3.02. The Morgan fingerprint density at radius 2 is 2.00 bits per heavy atom. The molecule has 1 fully saturated rings. The highest BCUT2D eigenvalue weighted by Crippen LogP contribution is 2.21. The molecule has 1 saturated heterocycles. The third kappa shape index (κ3) is 3.42. The molecule has 0 radical (unpaired) electrons. The summed E-state index contributed by atoms with van der Waals surface area (Å²) in [5.41, 5.74) is 1.73. The summed E-state index contributed by atoms with van der Waals surface area (Å²) in [4.78, 5) is 27.2. The number of likely N-dealkylation sites (tertiary alicyclic amines) is 1. The molecule has 0 saturated carbocycles. The smallest absolute Gasteiger partial charge is 0.227 e. The highest BCUT2D eigenvalue weighted by atomic mass is 16.2. The van der Waals surface area contributed by atoms with Gasteiger partial charge in [0.15, 0.2) is 5.65 Å². The van der Waals surface area contributed by atoms with Crippen molar-refractivity contribution in [3.05, 3.63) is 60.6 Å². The number of rotatable bonds is 4. The SMILES string of the molecule is O=C(Cc1ccccc1)N1CCC(Nc2ncnc3ncccc23)C1. The topological polar surface area (TPSA) is 71.0 Å². The molecular formula is C19H19N5O. The normalized spacial score (nSPS) is 17.0. The molecule has 1 atom stereocenters. The van der Waals surface area contributed by atoms with Crippen LogP contribution < -0.4 is 5.32 Å². The van der Waals surface area contributed by atoms with Gasteiger partial charge in [-0.05, 0) is 24.1 Å². The first-order valence-corrected chi connectivity index (χ1v) is 8.43. The maximum absolute atomic E-state index is 12.5. The molecule has 1 aliphatic rings. The number of carbonyl (C=O) groups excluding carboxylic acids is 1. The van der Waals surface area contributed by atoms with Gasteiger partial charge in [0.25, 0.3) is 0 Å². The van der Waals surface area contributed by atoms with Crippen LogP contribution in [-0.4, -0.2) is 44.9 Å². The van der Waals surface area contributed by atoms with Crippen LogP contribution in [0.3, 0.4) is 0 Å². The Balaban J connectivity index is 1.41. The lowest BCUT2D eigenvalue weighted by Gasteiger charge is -2.18. The maximum Gasteiger partial charge on any atom is 0.227 e. The summed E-state index contributed by atoms with van der Waals surface area (Å²) in [6, 6.07) is 13.9. The quantitative estimate of drug-likeness (QED) is 0.793. The van der Waals surface area contributed by atoms with E-state index < -0.39 is 0 Å². The van der Waals surface area contributed by atoms with Crippen molar-refractivity contribution >= 4 is 22.8 Å². The minimum absolute atomic E-state index is 0.171. The van der Waals surface area contributed by atoms with Crippen molar-refractivity contribution in [2.45, 2.75) is 18.9 Å². The molecule has 1 aliphatic heterocycles. The molecule has 3 heterocycles. The van der Waals surface area contributed by atoms with Crippen molar-refractivity contribution in [2.75, 3.05) is 18.4 Å². The second-order valence-electron chi connectivity index (χ2n) is 6.23. The van der Waals surface area contributed by atoms with E-state index in [0.717, 1.165) is 29.7 Å². The number of fused-ring (bicyclic) bond motifs is 1. The van der Waals surface area contributed by atoms with Gasteiger partial charge in [0, 0.05) is 25.3 Å². The Bertz CT molecular complexity index is 878. The van der Waals surface area contributed by atoms with Gasteiger partial charge in [-0.1, -0.05) is 30.3 Å². The van der Waals surface area contributed by atoms with E-state index in [-0.39, 0.29) is 11.9 Å². The van der Waals surface area contributed by atoms with Crippen LogP contribution in [0.25, 0.3) is 11.0 Å². The molecule has 4 rings (SSSR count). The van der Waals surface area contributed by atoms with Crippen LogP contribution in [0.2, 0.25) is 0 Å². The van der Waals surface area contributed by atoms with Crippen LogP contribution in [-0.2, 0) is 11.2 Å². The summed E-state index contributed by atoms with van der Waals surface area (Å²) in [5.74, 6) is 0.949. The van der Waals surface area contributed by atoms with Gasteiger partial charge < -0.3 is 10.2 Å². The highest BCUT2D eigenvalue weighted by molar-refractivity contribution is 5.86. The fourth-order valence-electron chi connectivity index (χ4n) is 3.19. The van der Waals surface area contributed by atoms with Gasteiger partial charge in [0.1, 0.15) is 12.1 Å². The van der Waals surface area contributed by atoms with Gasteiger partial charge in [-0.25, -0.2) is 15.0 Å². The molecule has 0 spiro atoms. The molecule has 6 nitrogen and oxygen atoms in total. The monoisotopic (exact) mass is 333 g/mol. The number of nitrogens with one attached hydrogen (secondary N) is 1. The third-order valence-electron chi connectivity index (χ3n) is 4.49. The van der Waals surface area contributed by atoms with E-state index in [0.29, 0.717) is 18.6 Å². The minimum Gasteiger partial charge on any atom is -0.365 e. The number of pyridine rings is 1. The Morgan fingerprint density at radius 3 is 2.88 bits per heavy atom. The second kappa shape index (κ2) is 6.84. The first kappa shape index (κ1) is 15.5. The van der Waals surface area contributed by atoms with E-state index in [9.17, 15) is 4.79 Å². The summed E-state index contributed by atoms with van der Waals surface area (Å²) >= 11 is 0. The fourth-order valence-corrected chi connectivity index (χ4v) is 3.19. The van der Waals surface area contributed by atoms with E-state index in [1.165, 1.54) is 6.33 Å². The van der Waals surface area contributed by atoms with E-state index in [2.05, 4.69) is 20.3 Å². The third-order valence-corrected chi connectivity index (χ3v) is 4.49. The average molecular weight is 333 g/mol. The molecule has 2 aromatic heterocycles. The molecule has 1 N–H and O–H groups in total. The number of hydrogen-bond donors (Lipinski definition) is 1. The summed E-state index contributed by atoms with van der Waals surface area (Å²) < 4.78 is 0. The lowest BCUT2D eigenvalue weighted by Crippen LogP contribution is -2.32. The summed E-state index contributed by atoms with van der Waals surface area (Å²) in [7, 11) is 0. The summed E-state index contributed by atoms with van der Waals surface area (Å²) in [6.07, 6.45) is 4.60. The zero-order valence-electron chi connectivity index (χ0n) is 13.8. The number of amides is 1. The number of hydrogen-bond acceptors (Lipinski definition) is 5. The lowest BCUT2D eigenvalue weighted by atomic mass is 10.1. The van der Waals surface area contributed by atoms with Crippen LogP contribution >= 0.6 is 0 Å². The Morgan fingerprint density at radius 1 is 1.12 bits per heavy atom. The standard InChI is InChI=1S/C19H19N5O/c25-17(11-14-5-2-1-3-6-14)24-10-8-15(12-24)23-19-16-7-4-9-20-18(16)21-13-22-19/h1-7,9,13,15H,8,10-12H2,(H,20,21,22,23).